The third kappa shape index (κ3) is 3.93. The Morgan fingerprint density at radius 2 is 2.25 bits per heavy atom. The zero-order chi connectivity index (χ0) is 11.8. The number of hydrogen-bond acceptors (Lipinski definition) is 3. The van der Waals surface area contributed by atoms with Crippen molar-refractivity contribution < 1.29 is 4.74 Å². The molecule has 0 aromatic heterocycles. The molecule has 0 spiro atoms. The van der Waals surface area contributed by atoms with E-state index in [4.69, 9.17) is 10.5 Å². The summed E-state index contributed by atoms with van der Waals surface area (Å²) in [6, 6.07) is 8.64. The number of hydrogen-bond donors (Lipinski definition) is 2. The Labute approximate surface area is 98.0 Å². The van der Waals surface area contributed by atoms with E-state index in [1.165, 1.54) is 11.1 Å². The van der Waals surface area contributed by atoms with Gasteiger partial charge in [0.25, 0.3) is 0 Å². The van der Waals surface area contributed by atoms with E-state index in [0.29, 0.717) is 13.2 Å². The molecule has 0 saturated carbocycles. The van der Waals surface area contributed by atoms with Crippen LogP contribution in [0.3, 0.4) is 0 Å². The minimum Gasteiger partial charge on any atom is -0.380 e. The van der Waals surface area contributed by atoms with Gasteiger partial charge < -0.3 is 15.8 Å². The highest BCUT2D eigenvalue weighted by Gasteiger charge is 2.08. The van der Waals surface area contributed by atoms with Gasteiger partial charge in [0.05, 0.1) is 6.61 Å². The van der Waals surface area contributed by atoms with Gasteiger partial charge in [0.15, 0.2) is 0 Å². The van der Waals surface area contributed by atoms with E-state index in [-0.39, 0.29) is 6.04 Å². The van der Waals surface area contributed by atoms with E-state index in [2.05, 4.69) is 36.5 Å². The summed E-state index contributed by atoms with van der Waals surface area (Å²) in [7, 11) is 1.71. The fraction of sp³-hybridized carbons (Fsp3) is 0.538. The van der Waals surface area contributed by atoms with Crippen molar-refractivity contribution in [3.63, 3.8) is 0 Å². The van der Waals surface area contributed by atoms with E-state index < -0.39 is 0 Å². The van der Waals surface area contributed by atoms with Crippen LogP contribution in [0.4, 0.5) is 0 Å². The highest BCUT2D eigenvalue weighted by molar-refractivity contribution is 5.26. The second-order valence-electron chi connectivity index (χ2n) is 3.92. The van der Waals surface area contributed by atoms with Crippen LogP contribution in [-0.4, -0.2) is 20.2 Å². The van der Waals surface area contributed by atoms with Crippen LogP contribution in [0.25, 0.3) is 0 Å². The fourth-order valence-electron chi connectivity index (χ4n) is 1.72. The predicted octanol–water partition coefficient (Wildman–Crippen LogP) is 1.83. The minimum absolute atomic E-state index is 0.247. The Bertz CT molecular complexity index is 302. The highest BCUT2D eigenvalue weighted by Crippen LogP contribution is 2.14. The summed E-state index contributed by atoms with van der Waals surface area (Å²) < 4.78 is 5.13. The summed E-state index contributed by atoms with van der Waals surface area (Å²) in [5.41, 5.74) is 8.21. The van der Waals surface area contributed by atoms with Gasteiger partial charge in [0.2, 0.25) is 0 Å². The second kappa shape index (κ2) is 7.39. The highest BCUT2D eigenvalue weighted by atomic mass is 16.5. The average molecular weight is 222 g/mol. The van der Waals surface area contributed by atoms with E-state index in [9.17, 15) is 0 Å². The topological polar surface area (TPSA) is 47.3 Å². The lowest BCUT2D eigenvalue weighted by atomic mass is 10.0. The molecule has 0 aliphatic carbocycles. The molecular formula is C13H22N2O. The lowest BCUT2D eigenvalue weighted by Gasteiger charge is -2.17. The average Bonchev–Trinajstić information content (AvgIpc) is 2.31. The number of benzene rings is 1. The van der Waals surface area contributed by atoms with E-state index >= 15 is 0 Å². The van der Waals surface area contributed by atoms with Crippen LogP contribution in [0.15, 0.2) is 24.3 Å². The molecule has 3 N–H and O–H groups in total. The number of ether oxygens (including phenoxy) is 1. The number of rotatable bonds is 7. The molecule has 0 saturated heterocycles. The summed E-state index contributed by atoms with van der Waals surface area (Å²) >= 11 is 0. The second-order valence-corrected chi connectivity index (χ2v) is 3.92. The van der Waals surface area contributed by atoms with E-state index in [1.807, 2.05) is 0 Å². The summed E-state index contributed by atoms with van der Waals surface area (Å²) in [6.07, 6.45) is 1.12. The molecule has 0 radical (unpaired) electrons. The molecule has 1 atom stereocenters. The number of methoxy groups -OCH3 is 1. The Kier molecular flexibility index (Phi) is 6.08. The van der Waals surface area contributed by atoms with E-state index in [0.717, 1.165) is 13.0 Å². The summed E-state index contributed by atoms with van der Waals surface area (Å²) in [5.74, 6) is 0. The normalized spacial score (nSPS) is 12.7. The van der Waals surface area contributed by atoms with Crippen molar-refractivity contribution in [2.45, 2.75) is 26.0 Å². The smallest absolute Gasteiger partial charge is 0.0713 e. The van der Waals surface area contributed by atoms with Crippen LogP contribution in [0, 0.1) is 0 Å². The Balaban J connectivity index is 2.71. The minimum atomic E-state index is 0.247. The molecular weight excluding hydrogens is 200 g/mol. The van der Waals surface area contributed by atoms with Crippen molar-refractivity contribution in [2.24, 2.45) is 5.73 Å². The first kappa shape index (κ1) is 13.2. The van der Waals surface area contributed by atoms with Crippen molar-refractivity contribution in [1.29, 1.82) is 0 Å². The number of nitrogens with two attached hydrogens (primary N) is 1. The van der Waals surface area contributed by atoms with Crippen LogP contribution in [-0.2, 0) is 11.3 Å². The maximum absolute atomic E-state index is 5.78. The van der Waals surface area contributed by atoms with E-state index in [1.54, 1.807) is 7.11 Å². The van der Waals surface area contributed by atoms with Gasteiger partial charge in [0, 0.05) is 19.7 Å². The van der Waals surface area contributed by atoms with Gasteiger partial charge in [-0.15, -0.1) is 0 Å². The zero-order valence-corrected chi connectivity index (χ0v) is 10.2. The Hall–Kier alpha value is -0.900. The molecule has 0 amide bonds. The monoisotopic (exact) mass is 222 g/mol. The zero-order valence-electron chi connectivity index (χ0n) is 10.2. The summed E-state index contributed by atoms with van der Waals surface area (Å²) in [6.45, 7) is 4.42. The lowest BCUT2D eigenvalue weighted by Crippen LogP contribution is -2.28. The third-order valence-corrected chi connectivity index (χ3v) is 2.54. The van der Waals surface area contributed by atoms with Gasteiger partial charge in [-0.3, -0.25) is 0 Å². The van der Waals surface area contributed by atoms with Crippen LogP contribution in [0.5, 0.6) is 0 Å². The molecule has 16 heavy (non-hydrogen) atoms. The van der Waals surface area contributed by atoms with Gasteiger partial charge in [-0.05, 0) is 24.1 Å². The molecule has 1 unspecified atom stereocenters. The molecule has 0 fully saturated rings. The van der Waals surface area contributed by atoms with Crippen LogP contribution in [0.1, 0.15) is 30.5 Å². The molecule has 1 aromatic rings. The Morgan fingerprint density at radius 3 is 2.88 bits per heavy atom. The van der Waals surface area contributed by atoms with Crippen molar-refractivity contribution in [3.05, 3.63) is 35.4 Å². The maximum atomic E-state index is 5.78. The van der Waals surface area contributed by atoms with Crippen LogP contribution >= 0.6 is 0 Å². The maximum Gasteiger partial charge on any atom is 0.0713 e. The first-order valence-electron chi connectivity index (χ1n) is 5.83. The SMILES string of the molecule is CCCNC(CN)c1cccc(COC)c1. The van der Waals surface area contributed by atoms with Gasteiger partial charge in [-0.2, -0.15) is 0 Å². The molecule has 90 valence electrons. The summed E-state index contributed by atoms with van der Waals surface area (Å²) in [5, 5.41) is 3.44. The molecule has 0 heterocycles. The molecule has 3 nitrogen and oxygen atoms in total. The van der Waals surface area contributed by atoms with Gasteiger partial charge in [-0.25, -0.2) is 0 Å². The van der Waals surface area contributed by atoms with Crippen molar-refractivity contribution in [2.75, 3.05) is 20.2 Å². The van der Waals surface area contributed by atoms with Crippen molar-refractivity contribution in [3.8, 4) is 0 Å². The molecule has 0 aliphatic heterocycles. The van der Waals surface area contributed by atoms with Gasteiger partial charge in [0.1, 0.15) is 0 Å². The Morgan fingerprint density at radius 1 is 1.44 bits per heavy atom. The largest absolute Gasteiger partial charge is 0.380 e. The first-order valence-corrected chi connectivity index (χ1v) is 5.83. The molecule has 0 aliphatic rings. The molecule has 1 aromatic carbocycles. The standard InChI is InChI=1S/C13H22N2O/c1-3-7-15-13(9-14)12-6-4-5-11(8-12)10-16-2/h4-6,8,13,15H,3,7,9-10,14H2,1-2H3. The predicted molar refractivity (Wildman–Crippen MR) is 67.2 cm³/mol. The molecule has 0 bridgehead atoms. The lowest BCUT2D eigenvalue weighted by molar-refractivity contribution is 0.185. The summed E-state index contributed by atoms with van der Waals surface area (Å²) in [4.78, 5) is 0. The first-order chi connectivity index (χ1) is 7.81. The quantitative estimate of drug-likeness (QED) is 0.740. The molecule has 3 heteroatoms. The molecule has 1 rings (SSSR count). The van der Waals surface area contributed by atoms with Crippen LogP contribution in [0.2, 0.25) is 0 Å². The van der Waals surface area contributed by atoms with Crippen LogP contribution < -0.4 is 11.1 Å². The number of nitrogens with one attached hydrogen (secondary N) is 1. The van der Waals surface area contributed by atoms with Crippen molar-refractivity contribution in [1.82, 2.24) is 5.32 Å². The van der Waals surface area contributed by atoms with Gasteiger partial charge >= 0.3 is 0 Å². The third-order valence-electron chi connectivity index (χ3n) is 2.54. The van der Waals surface area contributed by atoms with Crippen molar-refractivity contribution >= 4 is 0 Å². The fourth-order valence-corrected chi connectivity index (χ4v) is 1.72. The van der Waals surface area contributed by atoms with Gasteiger partial charge in [-0.1, -0.05) is 31.2 Å².